The van der Waals surface area contributed by atoms with Gasteiger partial charge in [0.2, 0.25) is 0 Å². The Morgan fingerprint density at radius 3 is 2.60 bits per heavy atom. The van der Waals surface area contributed by atoms with Crippen LogP contribution in [0.1, 0.15) is 24.1 Å². The largest absolute Gasteiger partial charge is 0.310 e. The van der Waals surface area contributed by atoms with Crippen LogP contribution in [0, 0.1) is 5.82 Å². The van der Waals surface area contributed by atoms with E-state index in [1.54, 1.807) is 6.07 Å². The fourth-order valence-electron chi connectivity index (χ4n) is 2.20. The average Bonchev–Trinajstić information content (AvgIpc) is 2.43. The molecule has 0 spiro atoms. The maximum Gasteiger partial charge on any atom is 0.137 e. The molecule has 1 atom stereocenters. The molecule has 0 amide bonds. The molecular weight excluding hydrogens is 385 g/mol. The Bertz CT molecular complexity index is 586. The molecule has 1 N–H and O–H groups in total. The highest BCUT2D eigenvalue weighted by Crippen LogP contribution is 2.27. The Balaban J connectivity index is 2.28. The zero-order valence-electron chi connectivity index (χ0n) is 11.2. The normalized spacial score (nSPS) is 12.4. The van der Waals surface area contributed by atoms with E-state index in [1.165, 1.54) is 11.6 Å². The number of hydrogen-bond donors (Lipinski definition) is 1. The second kappa shape index (κ2) is 7.34. The van der Waals surface area contributed by atoms with Crippen LogP contribution in [0.5, 0.6) is 0 Å². The van der Waals surface area contributed by atoms with Crippen LogP contribution in [0.15, 0.2) is 51.4 Å². The lowest BCUT2D eigenvalue weighted by Crippen LogP contribution is -2.23. The highest BCUT2D eigenvalue weighted by atomic mass is 79.9. The fraction of sp³-hybridized carbons (Fsp3) is 0.250. The summed E-state index contributed by atoms with van der Waals surface area (Å²) in [5.74, 6) is -0.216. The Morgan fingerprint density at radius 2 is 1.90 bits per heavy atom. The van der Waals surface area contributed by atoms with Crippen molar-refractivity contribution < 1.29 is 4.39 Å². The Labute approximate surface area is 135 Å². The summed E-state index contributed by atoms with van der Waals surface area (Å²) >= 11 is 6.83. The molecule has 106 valence electrons. The van der Waals surface area contributed by atoms with Crippen molar-refractivity contribution in [3.63, 3.8) is 0 Å². The third kappa shape index (κ3) is 3.90. The molecular formula is C16H16Br2FN. The van der Waals surface area contributed by atoms with Crippen molar-refractivity contribution >= 4 is 31.9 Å². The molecule has 0 fully saturated rings. The summed E-state index contributed by atoms with van der Waals surface area (Å²) in [5, 5.41) is 3.46. The summed E-state index contributed by atoms with van der Waals surface area (Å²) < 4.78 is 15.2. The monoisotopic (exact) mass is 399 g/mol. The molecule has 1 nitrogen and oxygen atoms in total. The summed E-state index contributed by atoms with van der Waals surface area (Å²) in [6, 6.07) is 13.5. The van der Waals surface area contributed by atoms with Gasteiger partial charge >= 0.3 is 0 Å². The van der Waals surface area contributed by atoms with Crippen LogP contribution < -0.4 is 5.32 Å². The van der Waals surface area contributed by atoms with Gasteiger partial charge in [-0.25, -0.2) is 4.39 Å². The van der Waals surface area contributed by atoms with Gasteiger partial charge in [0.15, 0.2) is 0 Å². The Hall–Kier alpha value is -0.710. The lowest BCUT2D eigenvalue weighted by atomic mass is 9.99. The topological polar surface area (TPSA) is 12.0 Å². The first-order valence-electron chi connectivity index (χ1n) is 6.53. The molecule has 2 aromatic rings. The van der Waals surface area contributed by atoms with Crippen LogP contribution in [0.2, 0.25) is 0 Å². The van der Waals surface area contributed by atoms with Crippen molar-refractivity contribution in [1.29, 1.82) is 0 Å². The van der Waals surface area contributed by atoms with E-state index < -0.39 is 0 Å². The molecule has 0 aliphatic rings. The molecule has 0 bridgehead atoms. The van der Waals surface area contributed by atoms with Gasteiger partial charge in [0, 0.05) is 10.5 Å². The molecule has 0 aromatic heterocycles. The molecule has 20 heavy (non-hydrogen) atoms. The van der Waals surface area contributed by atoms with Gasteiger partial charge in [-0.1, -0.05) is 47.1 Å². The molecule has 0 saturated carbocycles. The minimum atomic E-state index is -0.216. The molecule has 0 radical (unpaired) electrons. The molecule has 0 aliphatic heterocycles. The number of hydrogen-bond acceptors (Lipinski definition) is 1. The quantitative estimate of drug-likeness (QED) is 0.723. The first-order valence-corrected chi connectivity index (χ1v) is 8.12. The molecule has 2 aromatic carbocycles. The standard InChI is InChI=1S/C16H16Br2FN/c1-2-20-15(11-5-3-7-13(17)9-11)10-12-6-4-8-14(19)16(12)18/h3-9,15,20H,2,10H2,1H3. The maximum atomic E-state index is 13.6. The van der Waals surface area contributed by atoms with Crippen LogP contribution in [0.4, 0.5) is 4.39 Å². The smallest absolute Gasteiger partial charge is 0.137 e. The summed E-state index contributed by atoms with van der Waals surface area (Å²) in [7, 11) is 0. The van der Waals surface area contributed by atoms with Crippen molar-refractivity contribution in [2.45, 2.75) is 19.4 Å². The predicted molar refractivity (Wildman–Crippen MR) is 88.4 cm³/mol. The fourth-order valence-corrected chi connectivity index (χ4v) is 3.05. The Kier molecular flexibility index (Phi) is 5.75. The van der Waals surface area contributed by atoms with Crippen molar-refractivity contribution in [2.24, 2.45) is 0 Å². The number of likely N-dealkylation sites (N-methyl/N-ethyl adjacent to an activating group) is 1. The van der Waals surface area contributed by atoms with Gasteiger partial charge < -0.3 is 5.32 Å². The van der Waals surface area contributed by atoms with Gasteiger partial charge in [-0.2, -0.15) is 0 Å². The van der Waals surface area contributed by atoms with Crippen LogP contribution in [-0.2, 0) is 6.42 Å². The van der Waals surface area contributed by atoms with E-state index >= 15 is 0 Å². The first kappa shape index (κ1) is 15.7. The first-order chi connectivity index (χ1) is 9.61. The van der Waals surface area contributed by atoms with E-state index in [-0.39, 0.29) is 11.9 Å². The second-order valence-corrected chi connectivity index (χ2v) is 6.29. The molecule has 2 rings (SSSR count). The van der Waals surface area contributed by atoms with Gasteiger partial charge in [-0.15, -0.1) is 0 Å². The highest BCUT2D eigenvalue weighted by Gasteiger charge is 2.14. The van der Waals surface area contributed by atoms with Crippen LogP contribution in [0.3, 0.4) is 0 Å². The summed E-state index contributed by atoms with van der Waals surface area (Å²) in [6.45, 7) is 2.94. The zero-order valence-corrected chi connectivity index (χ0v) is 14.3. The van der Waals surface area contributed by atoms with Crippen molar-refractivity contribution in [3.05, 3.63) is 68.4 Å². The summed E-state index contributed by atoms with van der Waals surface area (Å²) in [5.41, 5.74) is 2.16. The van der Waals surface area contributed by atoms with Crippen molar-refractivity contribution in [3.8, 4) is 0 Å². The molecule has 0 saturated heterocycles. The van der Waals surface area contributed by atoms with Gasteiger partial charge in [-0.3, -0.25) is 0 Å². The minimum Gasteiger partial charge on any atom is -0.310 e. The lowest BCUT2D eigenvalue weighted by Gasteiger charge is -2.19. The minimum absolute atomic E-state index is 0.163. The van der Waals surface area contributed by atoms with Gasteiger partial charge in [0.25, 0.3) is 0 Å². The zero-order chi connectivity index (χ0) is 14.5. The third-order valence-corrected chi connectivity index (χ3v) is 4.54. The lowest BCUT2D eigenvalue weighted by molar-refractivity contribution is 0.544. The van der Waals surface area contributed by atoms with Crippen LogP contribution >= 0.6 is 31.9 Å². The predicted octanol–water partition coefficient (Wildman–Crippen LogP) is 5.24. The van der Waals surface area contributed by atoms with Gasteiger partial charge in [0.05, 0.1) is 4.47 Å². The van der Waals surface area contributed by atoms with Crippen molar-refractivity contribution in [2.75, 3.05) is 6.54 Å². The van der Waals surface area contributed by atoms with E-state index in [4.69, 9.17) is 0 Å². The van der Waals surface area contributed by atoms with Gasteiger partial charge in [-0.05, 0) is 58.2 Å². The molecule has 4 heteroatoms. The highest BCUT2D eigenvalue weighted by molar-refractivity contribution is 9.10. The SMILES string of the molecule is CCNC(Cc1cccc(F)c1Br)c1cccc(Br)c1. The van der Waals surface area contributed by atoms with Crippen LogP contribution in [0.25, 0.3) is 0 Å². The van der Waals surface area contributed by atoms with E-state index in [1.807, 2.05) is 18.2 Å². The van der Waals surface area contributed by atoms with E-state index in [9.17, 15) is 4.39 Å². The van der Waals surface area contributed by atoms with Crippen molar-refractivity contribution in [1.82, 2.24) is 5.32 Å². The summed E-state index contributed by atoms with van der Waals surface area (Å²) in [6.07, 6.45) is 0.739. The number of benzene rings is 2. The number of rotatable bonds is 5. The molecule has 1 unspecified atom stereocenters. The molecule has 0 aliphatic carbocycles. The maximum absolute atomic E-state index is 13.6. The molecule has 0 heterocycles. The van der Waals surface area contributed by atoms with E-state index in [0.717, 1.165) is 23.0 Å². The van der Waals surface area contributed by atoms with Gasteiger partial charge in [0.1, 0.15) is 5.82 Å². The number of nitrogens with one attached hydrogen (secondary N) is 1. The van der Waals surface area contributed by atoms with Crippen LogP contribution in [-0.4, -0.2) is 6.54 Å². The average molecular weight is 401 g/mol. The van der Waals surface area contributed by atoms with E-state index in [2.05, 4.69) is 56.2 Å². The number of halogens is 3. The summed E-state index contributed by atoms with van der Waals surface area (Å²) in [4.78, 5) is 0. The second-order valence-electron chi connectivity index (χ2n) is 4.58. The Morgan fingerprint density at radius 1 is 1.15 bits per heavy atom. The third-order valence-electron chi connectivity index (χ3n) is 3.16. The van der Waals surface area contributed by atoms with E-state index in [0.29, 0.717) is 4.47 Å².